The average Bonchev–Trinajstić information content (AvgIpc) is 3.03. The lowest BCUT2D eigenvalue weighted by molar-refractivity contribution is -0.137. The number of alkyl halides is 3. The van der Waals surface area contributed by atoms with Crippen LogP contribution in [0.3, 0.4) is 0 Å². The lowest BCUT2D eigenvalue weighted by Gasteiger charge is -2.14. The zero-order chi connectivity index (χ0) is 18.4. The van der Waals surface area contributed by atoms with Gasteiger partial charge in [0.1, 0.15) is 12.7 Å². The number of halogens is 3. The summed E-state index contributed by atoms with van der Waals surface area (Å²) in [5.41, 5.74) is 4.86. The first kappa shape index (κ1) is 18.4. The molecule has 0 aliphatic carbocycles. The highest BCUT2D eigenvalue weighted by molar-refractivity contribution is 6.01. The molecule has 2 aromatic rings. The zero-order valence-corrected chi connectivity index (χ0v) is 13.3. The molecule has 1 amide bonds. The summed E-state index contributed by atoms with van der Waals surface area (Å²) in [5, 5.41) is 11.1. The highest BCUT2D eigenvalue weighted by atomic mass is 19.4. The first-order valence-electron chi connectivity index (χ1n) is 7.42. The van der Waals surface area contributed by atoms with Gasteiger partial charge in [-0.25, -0.2) is 9.47 Å². The third-order valence-corrected chi connectivity index (χ3v) is 3.27. The second-order valence-electron chi connectivity index (χ2n) is 5.14. The van der Waals surface area contributed by atoms with Crippen molar-refractivity contribution in [1.29, 1.82) is 0 Å². The van der Waals surface area contributed by atoms with Crippen LogP contribution in [-0.4, -0.2) is 26.9 Å². The molecule has 2 N–H and O–H groups in total. The molecular formula is C15H16F3N5O2. The Labute approximate surface area is 141 Å². The Kier molecular flexibility index (Phi) is 5.73. The maximum atomic E-state index is 13.0. The molecule has 1 aromatic heterocycles. The fourth-order valence-electron chi connectivity index (χ4n) is 2.13. The van der Waals surface area contributed by atoms with Crippen LogP contribution in [-0.2, 0) is 17.3 Å². The van der Waals surface area contributed by atoms with Gasteiger partial charge in [-0.3, -0.25) is 0 Å². The number of hydrogen-bond donors (Lipinski definition) is 1. The largest absolute Gasteiger partial charge is 0.416 e. The van der Waals surface area contributed by atoms with Gasteiger partial charge < -0.3 is 10.5 Å². The van der Waals surface area contributed by atoms with Crippen molar-refractivity contribution in [2.75, 3.05) is 0 Å². The van der Waals surface area contributed by atoms with E-state index in [0.717, 1.165) is 23.2 Å². The van der Waals surface area contributed by atoms with E-state index in [1.165, 1.54) is 18.7 Å². The highest BCUT2D eigenvalue weighted by Crippen LogP contribution is 2.31. The summed E-state index contributed by atoms with van der Waals surface area (Å²) in [6.45, 7) is 1.92. The summed E-state index contributed by atoms with van der Waals surface area (Å²) in [6, 6.07) is 3.13. The minimum atomic E-state index is -4.48. The summed E-state index contributed by atoms with van der Waals surface area (Å²) >= 11 is 0. The quantitative estimate of drug-likeness (QED) is 0.659. The maximum Gasteiger partial charge on any atom is 0.416 e. The van der Waals surface area contributed by atoms with Crippen molar-refractivity contribution in [3.63, 3.8) is 0 Å². The number of unbranched alkanes of at least 4 members (excludes halogenated alkanes) is 1. The molecular weight excluding hydrogens is 339 g/mol. The normalized spacial score (nSPS) is 12.2. The van der Waals surface area contributed by atoms with E-state index in [9.17, 15) is 18.0 Å². The molecule has 0 saturated heterocycles. The van der Waals surface area contributed by atoms with Crippen LogP contribution < -0.4 is 5.73 Å². The van der Waals surface area contributed by atoms with Crippen molar-refractivity contribution >= 4 is 12.0 Å². The molecule has 2 rings (SSSR count). The number of amides is 1. The van der Waals surface area contributed by atoms with Crippen LogP contribution in [0.1, 0.15) is 36.5 Å². The van der Waals surface area contributed by atoms with E-state index < -0.39 is 17.8 Å². The van der Waals surface area contributed by atoms with Crippen LogP contribution in [0.2, 0.25) is 0 Å². The van der Waals surface area contributed by atoms with Crippen molar-refractivity contribution in [1.82, 2.24) is 14.9 Å². The Morgan fingerprint density at radius 1 is 1.32 bits per heavy atom. The van der Waals surface area contributed by atoms with E-state index in [1.54, 1.807) is 0 Å². The van der Waals surface area contributed by atoms with Gasteiger partial charge in [0, 0.05) is 5.56 Å². The number of ether oxygens (including phenoxy) is 1. The Morgan fingerprint density at radius 3 is 2.56 bits per heavy atom. The number of carbonyl (C=O) groups excluding carboxylic acids is 1. The Hall–Kier alpha value is -2.91. The number of aromatic nitrogens is 3. The predicted octanol–water partition coefficient (Wildman–Crippen LogP) is 2.94. The maximum absolute atomic E-state index is 13.0. The molecule has 25 heavy (non-hydrogen) atoms. The van der Waals surface area contributed by atoms with E-state index in [0.29, 0.717) is 18.4 Å². The molecule has 1 heterocycles. The van der Waals surface area contributed by atoms with E-state index in [-0.39, 0.29) is 11.5 Å². The van der Waals surface area contributed by atoms with E-state index in [1.807, 2.05) is 6.92 Å². The Balaban J connectivity index is 2.52. The number of nitrogens with zero attached hydrogens (tertiary/aromatic N) is 4. The SMILES string of the molecule is CCCCc1cc(C(F)(F)F)ccc1/C(=N\n1cnnc1)OC(N)=O. The smallest absolute Gasteiger partial charge is 0.389 e. The minimum absolute atomic E-state index is 0.230. The summed E-state index contributed by atoms with van der Waals surface area (Å²) < 4.78 is 45.0. The number of aryl methyl sites for hydroxylation is 1. The molecule has 0 atom stereocenters. The second kappa shape index (κ2) is 7.77. The molecule has 0 unspecified atom stereocenters. The molecule has 1 aromatic carbocycles. The number of carbonyl (C=O) groups is 1. The van der Waals surface area contributed by atoms with E-state index >= 15 is 0 Å². The average molecular weight is 355 g/mol. The lowest BCUT2D eigenvalue weighted by atomic mass is 9.98. The summed E-state index contributed by atoms with van der Waals surface area (Å²) in [7, 11) is 0. The molecule has 0 bridgehead atoms. The van der Waals surface area contributed by atoms with Crippen LogP contribution in [0.4, 0.5) is 18.0 Å². The molecule has 0 saturated carbocycles. The van der Waals surface area contributed by atoms with Gasteiger partial charge in [-0.1, -0.05) is 13.3 Å². The van der Waals surface area contributed by atoms with E-state index in [2.05, 4.69) is 15.3 Å². The van der Waals surface area contributed by atoms with Gasteiger partial charge in [-0.05, 0) is 36.6 Å². The van der Waals surface area contributed by atoms with Crippen molar-refractivity contribution in [3.8, 4) is 0 Å². The summed E-state index contributed by atoms with van der Waals surface area (Å²) in [4.78, 5) is 11.2. The van der Waals surface area contributed by atoms with E-state index in [4.69, 9.17) is 10.5 Å². The number of primary amides is 1. The van der Waals surface area contributed by atoms with Crippen molar-refractivity contribution < 1.29 is 22.7 Å². The standard InChI is InChI=1S/C15H16F3N5O2/c1-2-3-4-10-7-11(15(16,17)18)5-6-12(10)13(25-14(19)24)22-23-8-20-21-9-23/h5-9H,2-4H2,1H3,(H2,19,24)/b22-13+. The molecule has 10 heteroatoms. The van der Waals surface area contributed by atoms with Crippen molar-refractivity contribution in [3.05, 3.63) is 47.5 Å². The third-order valence-electron chi connectivity index (χ3n) is 3.27. The van der Waals surface area contributed by atoms with Crippen LogP contribution >= 0.6 is 0 Å². The van der Waals surface area contributed by atoms with Crippen LogP contribution in [0.25, 0.3) is 0 Å². The van der Waals surface area contributed by atoms with Gasteiger partial charge in [0.2, 0.25) is 5.90 Å². The predicted molar refractivity (Wildman–Crippen MR) is 82.7 cm³/mol. The summed E-state index contributed by atoms with van der Waals surface area (Å²) in [5.74, 6) is -0.230. The van der Waals surface area contributed by atoms with Gasteiger partial charge in [0.15, 0.2) is 0 Å². The molecule has 0 aliphatic heterocycles. The van der Waals surface area contributed by atoms with Crippen molar-refractivity contribution in [2.45, 2.75) is 32.4 Å². The van der Waals surface area contributed by atoms with Crippen molar-refractivity contribution in [2.24, 2.45) is 10.8 Å². The minimum Gasteiger partial charge on any atom is -0.389 e. The number of benzene rings is 1. The topological polar surface area (TPSA) is 95.4 Å². The van der Waals surface area contributed by atoms with Gasteiger partial charge in [-0.15, -0.1) is 15.3 Å². The van der Waals surface area contributed by atoms with Gasteiger partial charge in [-0.2, -0.15) is 13.2 Å². The zero-order valence-electron chi connectivity index (χ0n) is 13.3. The van der Waals surface area contributed by atoms with Gasteiger partial charge in [0.25, 0.3) is 0 Å². The molecule has 134 valence electrons. The first-order valence-corrected chi connectivity index (χ1v) is 7.42. The number of nitrogens with two attached hydrogens (primary N) is 1. The van der Waals surface area contributed by atoms with Gasteiger partial charge in [0.05, 0.1) is 5.56 Å². The number of rotatable bonds is 5. The fourth-order valence-corrected chi connectivity index (χ4v) is 2.13. The van der Waals surface area contributed by atoms with Crippen LogP contribution in [0, 0.1) is 0 Å². The monoisotopic (exact) mass is 355 g/mol. The second-order valence-corrected chi connectivity index (χ2v) is 5.14. The third kappa shape index (κ3) is 5.03. The summed E-state index contributed by atoms with van der Waals surface area (Å²) in [6.07, 6.45) is -1.34. The molecule has 7 nitrogen and oxygen atoms in total. The Morgan fingerprint density at radius 2 is 2.00 bits per heavy atom. The van der Waals surface area contributed by atoms with Gasteiger partial charge >= 0.3 is 12.3 Å². The fraction of sp³-hybridized carbons (Fsp3) is 0.333. The molecule has 0 fully saturated rings. The van der Waals surface area contributed by atoms with Crippen LogP contribution in [0.15, 0.2) is 36.0 Å². The van der Waals surface area contributed by atoms with Crippen LogP contribution in [0.5, 0.6) is 0 Å². The molecule has 0 spiro atoms. The first-order chi connectivity index (χ1) is 11.8. The molecule has 0 radical (unpaired) electrons. The highest BCUT2D eigenvalue weighted by Gasteiger charge is 2.31. The Bertz CT molecular complexity index is 757. The molecule has 0 aliphatic rings. The number of hydrogen-bond acceptors (Lipinski definition) is 5. The lowest BCUT2D eigenvalue weighted by Crippen LogP contribution is -2.21.